The van der Waals surface area contributed by atoms with E-state index in [2.05, 4.69) is 26.6 Å². The number of nitrogens with one attached hydrogen (secondary N) is 2. The maximum atomic E-state index is 12.3. The molecule has 1 heterocycles. The lowest BCUT2D eigenvalue weighted by Gasteiger charge is -2.13. The van der Waals surface area contributed by atoms with Crippen LogP contribution in [-0.4, -0.2) is 28.9 Å². The van der Waals surface area contributed by atoms with Gasteiger partial charge in [0.2, 0.25) is 0 Å². The molecule has 25 heavy (non-hydrogen) atoms. The fourth-order valence-electron chi connectivity index (χ4n) is 1.81. The van der Waals surface area contributed by atoms with E-state index in [1.807, 2.05) is 0 Å². The number of carboxylic acids is 1. The largest absolute Gasteiger partial charge is 0.480 e. The molecule has 0 spiro atoms. The number of furan rings is 1. The van der Waals surface area contributed by atoms with Crippen LogP contribution < -0.4 is 10.6 Å². The van der Waals surface area contributed by atoms with Gasteiger partial charge in [-0.15, -0.1) is 0 Å². The van der Waals surface area contributed by atoms with Gasteiger partial charge in [0.15, 0.2) is 0 Å². The van der Waals surface area contributed by atoms with Crippen molar-refractivity contribution in [2.75, 3.05) is 0 Å². The zero-order valence-electron chi connectivity index (χ0n) is 13.2. The third kappa shape index (κ3) is 5.32. The highest BCUT2D eigenvalue weighted by atomic mass is 79.9. The Kier molecular flexibility index (Phi) is 6.13. The summed E-state index contributed by atoms with van der Waals surface area (Å²) in [5, 5.41) is 13.7. The van der Waals surface area contributed by atoms with Crippen molar-refractivity contribution < 1.29 is 23.9 Å². The molecule has 130 valence electrons. The Morgan fingerprint density at radius 3 is 2.44 bits per heavy atom. The van der Waals surface area contributed by atoms with E-state index in [4.69, 9.17) is 9.52 Å². The van der Waals surface area contributed by atoms with Gasteiger partial charge in [0.05, 0.1) is 6.26 Å². The predicted octanol–water partition coefficient (Wildman–Crippen LogP) is 2.40. The van der Waals surface area contributed by atoms with E-state index in [9.17, 15) is 14.4 Å². The third-order valence-corrected chi connectivity index (χ3v) is 3.68. The summed E-state index contributed by atoms with van der Waals surface area (Å²) in [5.74, 6) is -2.10. The molecule has 0 saturated carbocycles. The molecule has 7 nitrogen and oxygen atoms in total. The molecule has 0 bridgehead atoms. The van der Waals surface area contributed by atoms with Gasteiger partial charge in [-0.3, -0.25) is 14.4 Å². The molecule has 2 amide bonds. The van der Waals surface area contributed by atoms with Gasteiger partial charge < -0.3 is 20.2 Å². The van der Waals surface area contributed by atoms with E-state index < -0.39 is 23.8 Å². The first-order chi connectivity index (χ1) is 11.9. The van der Waals surface area contributed by atoms with Crippen LogP contribution in [0.1, 0.15) is 23.0 Å². The van der Waals surface area contributed by atoms with E-state index in [0.29, 0.717) is 11.3 Å². The second-order valence-electron chi connectivity index (χ2n) is 5.07. The smallest absolute Gasteiger partial charge is 0.325 e. The predicted molar refractivity (Wildman–Crippen MR) is 93.5 cm³/mol. The first-order valence-corrected chi connectivity index (χ1v) is 8.02. The molecule has 1 atom stereocenters. The molecular formula is C17H15BrN2O5. The van der Waals surface area contributed by atoms with Crippen LogP contribution in [0.25, 0.3) is 6.08 Å². The molecular weight excluding hydrogens is 392 g/mol. The second kappa shape index (κ2) is 8.29. The van der Waals surface area contributed by atoms with Crippen LogP contribution in [-0.2, 0) is 9.59 Å². The Labute approximate surface area is 151 Å². The number of benzene rings is 1. The Bertz CT molecular complexity index is 797. The van der Waals surface area contributed by atoms with Crippen molar-refractivity contribution in [3.8, 4) is 0 Å². The van der Waals surface area contributed by atoms with Crippen LogP contribution in [0.4, 0.5) is 0 Å². The van der Waals surface area contributed by atoms with Gasteiger partial charge in [-0.25, -0.2) is 0 Å². The zero-order valence-corrected chi connectivity index (χ0v) is 14.7. The molecule has 8 heteroatoms. The Morgan fingerprint density at radius 2 is 1.88 bits per heavy atom. The third-order valence-electron chi connectivity index (χ3n) is 3.15. The first-order valence-electron chi connectivity index (χ1n) is 7.22. The highest BCUT2D eigenvalue weighted by Crippen LogP contribution is 2.12. The number of halogens is 1. The van der Waals surface area contributed by atoms with Crippen LogP contribution in [0.2, 0.25) is 0 Å². The van der Waals surface area contributed by atoms with E-state index in [-0.39, 0.29) is 5.70 Å². The quantitative estimate of drug-likeness (QED) is 0.638. The van der Waals surface area contributed by atoms with Crippen LogP contribution in [0.5, 0.6) is 0 Å². The van der Waals surface area contributed by atoms with Crippen LogP contribution in [0, 0.1) is 0 Å². The van der Waals surface area contributed by atoms with Gasteiger partial charge in [-0.2, -0.15) is 0 Å². The SMILES string of the molecule is C[C@H](NC(=O)/C(=C\c1ccco1)NC(=O)c1ccc(Br)cc1)C(=O)O. The van der Waals surface area contributed by atoms with Crippen molar-refractivity contribution >= 4 is 39.8 Å². The Hall–Kier alpha value is -2.87. The summed E-state index contributed by atoms with van der Waals surface area (Å²) in [6, 6.07) is 8.66. The van der Waals surface area contributed by atoms with Crippen molar-refractivity contribution in [3.63, 3.8) is 0 Å². The van der Waals surface area contributed by atoms with Crippen molar-refractivity contribution in [1.29, 1.82) is 0 Å². The van der Waals surface area contributed by atoms with E-state index >= 15 is 0 Å². The van der Waals surface area contributed by atoms with Crippen LogP contribution in [0.15, 0.2) is 57.2 Å². The summed E-state index contributed by atoms with van der Waals surface area (Å²) in [7, 11) is 0. The number of carbonyl (C=O) groups is 3. The maximum Gasteiger partial charge on any atom is 0.325 e. The number of hydrogen-bond donors (Lipinski definition) is 3. The minimum absolute atomic E-state index is 0.129. The van der Waals surface area contributed by atoms with Gasteiger partial charge >= 0.3 is 5.97 Å². The summed E-state index contributed by atoms with van der Waals surface area (Å²) < 4.78 is 5.95. The lowest BCUT2D eigenvalue weighted by Crippen LogP contribution is -2.42. The Morgan fingerprint density at radius 1 is 1.20 bits per heavy atom. The lowest BCUT2D eigenvalue weighted by atomic mass is 10.2. The fourth-order valence-corrected chi connectivity index (χ4v) is 2.07. The molecule has 0 radical (unpaired) electrons. The lowest BCUT2D eigenvalue weighted by molar-refractivity contribution is -0.140. The summed E-state index contributed by atoms with van der Waals surface area (Å²) in [5.41, 5.74) is 0.212. The summed E-state index contributed by atoms with van der Waals surface area (Å²) in [6.45, 7) is 1.32. The molecule has 3 N–H and O–H groups in total. The van der Waals surface area contributed by atoms with Crippen molar-refractivity contribution in [2.24, 2.45) is 0 Å². The highest BCUT2D eigenvalue weighted by molar-refractivity contribution is 9.10. The van der Waals surface area contributed by atoms with Gasteiger partial charge in [0.1, 0.15) is 17.5 Å². The van der Waals surface area contributed by atoms with Crippen molar-refractivity contribution in [3.05, 3.63) is 64.2 Å². The monoisotopic (exact) mass is 406 g/mol. The molecule has 2 rings (SSSR count). The number of hydrogen-bond acceptors (Lipinski definition) is 4. The van der Waals surface area contributed by atoms with Gasteiger partial charge in [-0.1, -0.05) is 15.9 Å². The molecule has 0 aliphatic heterocycles. The molecule has 0 unspecified atom stereocenters. The number of carboxylic acid groups (broad SMARTS) is 1. The average Bonchev–Trinajstić information content (AvgIpc) is 3.07. The van der Waals surface area contributed by atoms with Crippen LogP contribution in [0.3, 0.4) is 0 Å². The standard InChI is InChI=1S/C17H15BrN2O5/c1-10(17(23)24)19-16(22)14(9-13-3-2-8-25-13)20-15(21)11-4-6-12(18)7-5-11/h2-10H,1H3,(H,19,22)(H,20,21)(H,23,24)/b14-9+/t10-/m0/s1. The first kappa shape index (κ1) is 18.5. The van der Waals surface area contributed by atoms with Gasteiger partial charge in [-0.05, 0) is 43.3 Å². The normalized spacial score (nSPS) is 12.3. The second-order valence-corrected chi connectivity index (χ2v) is 5.98. The minimum atomic E-state index is -1.19. The van der Waals surface area contributed by atoms with Gasteiger partial charge in [0, 0.05) is 16.1 Å². The fraction of sp³-hybridized carbons (Fsp3) is 0.118. The molecule has 2 aromatic rings. The van der Waals surface area contributed by atoms with E-state index in [0.717, 1.165) is 4.47 Å². The number of rotatable bonds is 6. The molecule has 0 fully saturated rings. The molecule has 1 aromatic heterocycles. The highest BCUT2D eigenvalue weighted by Gasteiger charge is 2.20. The van der Waals surface area contributed by atoms with E-state index in [1.54, 1.807) is 36.4 Å². The average molecular weight is 407 g/mol. The number of aliphatic carboxylic acids is 1. The molecule has 0 aliphatic carbocycles. The van der Waals surface area contributed by atoms with E-state index in [1.165, 1.54) is 19.3 Å². The Balaban J connectivity index is 2.22. The zero-order chi connectivity index (χ0) is 18.4. The van der Waals surface area contributed by atoms with Crippen LogP contribution >= 0.6 is 15.9 Å². The molecule has 0 aliphatic rings. The number of carbonyl (C=O) groups excluding carboxylic acids is 2. The summed E-state index contributed by atoms with van der Waals surface area (Å²) >= 11 is 3.27. The maximum absolute atomic E-state index is 12.3. The molecule has 1 aromatic carbocycles. The molecule has 0 saturated heterocycles. The summed E-state index contributed by atoms with van der Waals surface area (Å²) in [4.78, 5) is 35.5. The van der Waals surface area contributed by atoms with Gasteiger partial charge in [0.25, 0.3) is 11.8 Å². The van der Waals surface area contributed by atoms with Crippen molar-refractivity contribution in [1.82, 2.24) is 10.6 Å². The van der Waals surface area contributed by atoms with Crippen molar-refractivity contribution in [2.45, 2.75) is 13.0 Å². The topological polar surface area (TPSA) is 109 Å². The summed E-state index contributed by atoms with van der Waals surface area (Å²) in [6.07, 6.45) is 2.73. The minimum Gasteiger partial charge on any atom is -0.480 e. The number of amides is 2.